The Morgan fingerprint density at radius 1 is 1.09 bits per heavy atom. The Morgan fingerprint density at radius 3 is 2.41 bits per heavy atom. The van der Waals surface area contributed by atoms with E-state index in [-0.39, 0.29) is 0 Å². The van der Waals surface area contributed by atoms with Gasteiger partial charge in [0, 0.05) is 12.1 Å². The van der Waals surface area contributed by atoms with Crippen LogP contribution in [0.1, 0.15) is 89.6 Å². The van der Waals surface area contributed by atoms with Crippen LogP contribution in [0.25, 0.3) is 0 Å². The predicted octanol–water partition coefficient (Wildman–Crippen LogP) is 5.96. The zero-order valence-electron chi connectivity index (χ0n) is 21.7. The molecule has 1 aliphatic heterocycles. The van der Waals surface area contributed by atoms with Crippen LogP contribution in [-0.2, 0) is 0 Å². The topological polar surface area (TPSA) is 85.4 Å². The highest BCUT2D eigenvalue weighted by molar-refractivity contribution is 6.09. The molecule has 1 aromatic carbocycles. The second kappa shape index (κ2) is 9.65. The Bertz CT molecular complexity index is 1030. The van der Waals surface area contributed by atoms with Gasteiger partial charge in [0.15, 0.2) is 11.5 Å². The summed E-state index contributed by atoms with van der Waals surface area (Å²) in [6.45, 7) is 15.1. The molecule has 2 aromatic rings. The average molecular weight is 464 g/mol. The second-order valence-electron chi connectivity index (χ2n) is 11.4. The molecule has 1 aliphatic carbocycles. The van der Waals surface area contributed by atoms with Crippen LogP contribution in [0.3, 0.4) is 0 Å². The molecule has 0 unspecified atom stereocenters. The lowest BCUT2D eigenvalue weighted by molar-refractivity contribution is 0.171. The van der Waals surface area contributed by atoms with Crippen molar-refractivity contribution >= 4 is 17.2 Å². The zero-order chi connectivity index (χ0) is 24.5. The maximum Gasteiger partial charge on any atom is 0.246 e. The Hall–Kier alpha value is -2.47. The van der Waals surface area contributed by atoms with E-state index in [4.69, 9.17) is 15.5 Å². The number of nitrogens with zero attached hydrogens (tertiary/aromatic N) is 3. The Morgan fingerprint density at radius 2 is 1.76 bits per heavy atom. The van der Waals surface area contributed by atoms with Gasteiger partial charge in [-0.15, -0.1) is 0 Å². The van der Waals surface area contributed by atoms with Gasteiger partial charge in [-0.2, -0.15) is 4.98 Å². The van der Waals surface area contributed by atoms with Crippen molar-refractivity contribution in [1.82, 2.24) is 15.3 Å². The molecule has 0 atom stereocenters. The number of ether oxygens (including phenoxy) is 1. The third-order valence-electron chi connectivity index (χ3n) is 7.63. The van der Waals surface area contributed by atoms with Gasteiger partial charge in [-0.1, -0.05) is 45.0 Å². The number of aromatic nitrogens is 2. The standard InChI is InChI=1S/C28H41N5O/c1-7-27(3,4)17-30-16-19-8-10-20(11-9-19)21-12-14-22(15-13-21)24-28(5,6)34-26-23(33-24)25(29)31-18(2)32-26/h12-15,19-20,30H,7-11,16-17H2,1-6H3,(H2,29,31,32). The smallest absolute Gasteiger partial charge is 0.246 e. The molecule has 1 aromatic heterocycles. The second-order valence-corrected chi connectivity index (χ2v) is 11.4. The minimum Gasteiger partial charge on any atom is -0.463 e. The molecule has 2 aliphatic rings. The molecule has 6 heteroatoms. The Kier molecular flexibility index (Phi) is 6.99. The van der Waals surface area contributed by atoms with Crippen molar-refractivity contribution in [2.75, 3.05) is 18.8 Å². The normalized spacial score (nSPS) is 22.0. The van der Waals surface area contributed by atoms with Crippen molar-refractivity contribution in [2.45, 2.75) is 85.2 Å². The van der Waals surface area contributed by atoms with Crippen LogP contribution in [0.5, 0.6) is 5.88 Å². The van der Waals surface area contributed by atoms with Gasteiger partial charge in [0.25, 0.3) is 0 Å². The maximum atomic E-state index is 6.20. The van der Waals surface area contributed by atoms with Crippen LogP contribution >= 0.6 is 0 Å². The molecule has 2 heterocycles. The number of aryl methyl sites for hydroxylation is 1. The lowest BCUT2D eigenvalue weighted by atomic mass is 9.78. The summed E-state index contributed by atoms with van der Waals surface area (Å²) in [5.41, 5.74) is 9.77. The number of hydrogen-bond acceptors (Lipinski definition) is 6. The highest BCUT2D eigenvalue weighted by Gasteiger charge is 2.35. The van der Waals surface area contributed by atoms with E-state index in [1.807, 2.05) is 20.8 Å². The summed E-state index contributed by atoms with van der Waals surface area (Å²) in [4.78, 5) is 13.5. The minimum atomic E-state index is -0.598. The number of anilines is 1. The van der Waals surface area contributed by atoms with E-state index in [1.165, 1.54) is 37.7 Å². The lowest BCUT2D eigenvalue weighted by Gasteiger charge is -2.33. The Balaban J connectivity index is 1.40. The largest absolute Gasteiger partial charge is 0.463 e. The van der Waals surface area contributed by atoms with Gasteiger partial charge in [-0.05, 0) is 82.2 Å². The fourth-order valence-corrected chi connectivity index (χ4v) is 5.04. The molecular formula is C28H41N5O. The van der Waals surface area contributed by atoms with E-state index < -0.39 is 5.60 Å². The molecule has 0 amide bonds. The highest BCUT2D eigenvalue weighted by Crippen LogP contribution is 2.40. The number of nitrogens with two attached hydrogens (primary N) is 1. The van der Waals surface area contributed by atoms with Gasteiger partial charge in [0.1, 0.15) is 11.4 Å². The minimum absolute atomic E-state index is 0.358. The summed E-state index contributed by atoms with van der Waals surface area (Å²) in [5, 5.41) is 3.72. The van der Waals surface area contributed by atoms with Gasteiger partial charge < -0.3 is 15.8 Å². The first-order valence-electron chi connectivity index (χ1n) is 12.8. The third-order valence-corrected chi connectivity index (χ3v) is 7.63. The van der Waals surface area contributed by atoms with Crippen molar-refractivity contribution in [1.29, 1.82) is 0 Å². The molecule has 0 bridgehead atoms. The molecule has 3 N–H and O–H groups in total. The summed E-state index contributed by atoms with van der Waals surface area (Å²) < 4.78 is 6.20. The van der Waals surface area contributed by atoms with Crippen LogP contribution < -0.4 is 15.8 Å². The monoisotopic (exact) mass is 463 g/mol. The van der Waals surface area contributed by atoms with Gasteiger partial charge in [0.05, 0.1) is 5.71 Å². The zero-order valence-corrected chi connectivity index (χ0v) is 21.7. The number of aliphatic imine (C=N–C) groups is 1. The molecule has 1 saturated carbocycles. The average Bonchev–Trinajstić information content (AvgIpc) is 2.78. The molecular weight excluding hydrogens is 422 g/mol. The molecule has 6 nitrogen and oxygen atoms in total. The van der Waals surface area contributed by atoms with Gasteiger partial charge in [-0.3, -0.25) is 0 Å². The first-order valence-corrected chi connectivity index (χ1v) is 12.8. The molecule has 184 valence electrons. The van der Waals surface area contributed by atoms with E-state index >= 15 is 0 Å². The van der Waals surface area contributed by atoms with Gasteiger partial charge in [-0.25, -0.2) is 9.98 Å². The quantitative estimate of drug-likeness (QED) is 0.529. The first-order chi connectivity index (χ1) is 16.1. The van der Waals surface area contributed by atoms with Gasteiger partial charge in [0.2, 0.25) is 5.88 Å². The number of hydrogen-bond donors (Lipinski definition) is 2. The fraction of sp³-hybridized carbons (Fsp3) is 0.607. The van der Waals surface area contributed by atoms with Crippen LogP contribution in [0.15, 0.2) is 29.3 Å². The third kappa shape index (κ3) is 5.43. The van der Waals surface area contributed by atoms with E-state index in [9.17, 15) is 0 Å². The number of nitrogens with one attached hydrogen (secondary N) is 1. The molecule has 34 heavy (non-hydrogen) atoms. The predicted molar refractivity (Wildman–Crippen MR) is 140 cm³/mol. The molecule has 0 saturated heterocycles. The SMILES string of the molecule is CCC(C)(C)CNCC1CCC(c2ccc(C3=Nc4c(N)nc(C)nc4OC3(C)C)cc2)CC1. The van der Waals surface area contributed by atoms with Gasteiger partial charge >= 0.3 is 0 Å². The molecule has 4 rings (SSSR count). The lowest BCUT2D eigenvalue weighted by Crippen LogP contribution is -2.41. The van der Waals surface area contributed by atoms with Crippen molar-refractivity contribution in [3.8, 4) is 5.88 Å². The van der Waals surface area contributed by atoms with Crippen molar-refractivity contribution < 1.29 is 4.74 Å². The summed E-state index contributed by atoms with van der Waals surface area (Å²) in [5.74, 6) is 2.85. The summed E-state index contributed by atoms with van der Waals surface area (Å²) in [7, 11) is 0. The summed E-state index contributed by atoms with van der Waals surface area (Å²) in [6, 6.07) is 8.89. The number of rotatable bonds is 7. The summed E-state index contributed by atoms with van der Waals surface area (Å²) >= 11 is 0. The van der Waals surface area contributed by atoms with E-state index in [1.54, 1.807) is 0 Å². The molecule has 0 radical (unpaired) electrons. The van der Waals surface area contributed by atoms with E-state index in [0.717, 1.165) is 30.3 Å². The fourth-order valence-electron chi connectivity index (χ4n) is 5.04. The number of nitrogen functional groups attached to an aromatic ring is 1. The van der Waals surface area contributed by atoms with Crippen molar-refractivity contribution in [2.24, 2.45) is 16.3 Å². The Labute approximate surface area is 204 Å². The molecule has 1 fully saturated rings. The van der Waals surface area contributed by atoms with Crippen LogP contribution in [-0.4, -0.2) is 34.4 Å². The molecule has 0 spiro atoms. The van der Waals surface area contributed by atoms with Crippen LogP contribution in [0, 0.1) is 18.3 Å². The number of benzene rings is 1. The maximum absolute atomic E-state index is 6.20. The van der Waals surface area contributed by atoms with Crippen LogP contribution in [0.2, 0.25) is 0 Å². The van der Waals surface area contributed by atoms with Crippen molar-refractivity contribution in [3.63, 3.8) is 0 Å². The summed E-state index contributed by atoms with van der Waals surface area (Å²) in [6.07, 6.45) is 6.34. The highest BCUT2D eigenvalue weighted by atomic mass is 16.5. The van der Waals surface area contributed by atoms with E-state index in [0.29, 0.717) is 34.5 Å². The van der Waals surface area contributed by atoms with E-state index in [2.05, 4.69) is 60.3 Å². The van der Waals surface area contributed by atoms with Crippen LogP contribution in [0.4, 0.5) is 11.5 Å². The number of fused-ring (bicyclic) bond motifs is 1. The first kappa shape index (κ1) is 24.6. The van der Waals surface area contributed by atoms with Crippen molar-refractivity contribution in [3.05, 3.63) is 41.2 Å².